The van der Waals surface area contributed by atoms with E-state index in [4.69, 9.17) is 0 Å². The number of benzene rings is 1. The van der Waals surface area contributed by atoms with E-state index in [1.807, 2.05) is 24.1 Å². The minimum Gasteiger partial charge on any atom is -0.310 e. The van der Waals surface area contributed by atoms with E-state index in [0.717, 1.165) is 22.0 Å². The highest BCUT2D eigenvalue weighted by atomic mass is 79.9. The van der Waals surface area contributed by atoms with E-state index in [1.54, 1.807) is 11.8 Å². The molecule has 100 valence electrons. The van der Waals surface area contributed by atoms with E-state index in [1.165, 1.54) is 23.3 Å². The van der Waals surface area contributed by atoms with Crippen LogP contribution in [0.5, 0.6) is 0 Å². The molecule has 1 fully saturated rings. The van der Waals surface area contributed by atoms with Crippen LogP contribution in [0.2, 0.25) is 0 Å². The quantitative estimate of drug-likeness (QED) is 0.904. The number of halogens is 1. The summed E-state index contributed by atoms with van der Waals surface area (Å²) in [5.41, 5.74) is 1.33. The molecular weight excluding hydrogens is 322 g/mol. The van der Waals surface area contributed by atoms with E-state index in [0.29, 0.717) is 0 Å². The van der Waals surface area contributed by atoms with Crippen molar-refractivity contribution in [2.45, 2.75) is 35.2 Å². The minimum absolute atomic E-state index is 0.753. The average Bonchev–Trinajstić information content (AvgIpc) is 3.13. The average molecular weight is 338 g/mol. The predicted octanol–water partition coefficient (Wildman–Crippen LogP) is 3.59. The smallest absolute Gasteiger partial charge is 0.0629 e. The molecule has 0 aliphatic heterocycles. The molecule has 1 aliphatic carbocycles. The van der Waals surface area contributed by atoms with Gasteiger partial charge in [0.2, 0.25) is 0 Å². The van der Waals surface area contributed by atoms with E-state index in [9.17, 15) is 0 Å². The van der Waals surface area contributed by atoms with Gasteiger partial charge in [0.05, 0.1) is 11.1 Å². The van der Waals surface area contributed by atoms with Gasteiger partial charge in [-0.25, -0.2) is 0 Å². The highest BCUT2D eigenvalue weighted by Crippen LogP contribution is 2.33. The van der Waals surface area contributed by atoms with Crippen molar-refractivity contribution in [1.29, 1.82) is 0 Å². The molecule has 2 aromatic rings. The normalized spacial score (nSPS) is 14.8. The maximum absolute atomic E-state index is 4.19. The van der Waals surface area contributed by atoms with Crippen molar-refractivity contribution in [3.8, 4) is 0 Å². The zero-order chi connectivity index (χ0) is 13.2. The minimum atomic E-state index is 0.753. The number of aromatic nitrogens is 2. The van der Waals surface area contributed by atoms with Crippen molar-refractivity contribution in [2.24, 2.45) is 7.05 Å². The lowest BCUT2D eigenvalue weighted by atomic mass is 10.2. The summed E-state index contributed by atoms with van der Waals surface area (Å²) in [6.07, 6.45) is 6.57. The molecule has 3 rings (SSSR count). The third kappa shape index (κ3) is 3.61. The summed E-state index contributed by atoms with van der Waals surface area (Å²) < 4.78 is 2.97. The Hall–Kier alpha value is -0.780. The van der Waals surface area contributed by atoms with Crippen LogP contribution in [0.25, 0.3) is 0 Å². The highest BCUT2D eigenvalue weighted by molar-refractivity contribution is 9.10. The molecule has 0 spiro atoms. The molecule has 0 atom stereocenters. The molecule has 0 bridgehead atoms. The summed E-state index contributed by atoms with van der Waals surface area (Å²) in [5, 5.41) is 7.72. The van der Waals surface area contributed by atoms with Gasteiger partial charge in [-0.2, -0.15) is 5.10 Å². The first kappa shape index (κ1) is 13.2. The van der Waals surface area contributed by atoms with Crippen LogP contribution in [-0.4, -0.2) is 15.8 Å². The van der Waals surface area contributed by atoms with Gasteiger partial charge in [0.25, 0.3) is 0 Å². The first-order valence-corrected chi connectivity index (χ1v) is 8.00. The second kappa shape index (κ2) is 5.69. The molecule has 1 heterocycles. The van der Waals surface area contributed by atoms with E-state index < -0.39 is 0 Å². The molecule has 1 saturated carbocycles. The molecule has 3 nitrogen and oxygen atoms in total. The second-order valence-electron chi connectivity index (χ2n) is 4.87. The summed E-state index contributed by atoms with van der Waals surface area (Å²) in [7, 11) is 1.94. The predicted molar refractivity (Wildman–Crippen MR) is 81.3 cm³/mol. The molecule has 0 saturated heterocycles. The van der Waals surface area contributed by atoms with Crippen LogP contribution < -0.4 is 5.32 Å². The van der Waals surface area contributed by atoms with Crippen LogP contribution in [0.3, 0.4) is 0 Å². The number of nitrogens with one attached hydrogen (secondary N) is 1. The second-order valence-corrected chi connectivity index (χ2v) is 6.84. The first-order chi connectivity index (χ1) is 9.20. The lowest BCUT2D eigenvalue weighted by Gasteiger charge is -2.07. The van der Waals surface area contributed by atoms with Crippen molar-refractivity contribution in [2.75, 3.05) is 0 Å². The lowest BCUT2D eigenvalue weighted by Crippen LogP contribution is -2.15. The van der Waals surface area contributed by atoms with Gasteiger partial charge in [-0.1, -0.05) is 17.8 Å². The third-order valence-corrected chi connectivity index (χ3v) is 5.02. The monoisotopic (exact) mass is 337 g/mol. The fourth-order valence-corrected chi connectivity index (χ4v) is 3.39. The van der Waals surface area contributed by atoms with E-state index in [2.05, 4.69) is 44.5 Å². The summed E-state index contributed by atoms with van der Waals surface area (Å²) in [6, 6.07) is 7.32. The Labute approximate surface area is 125 Å². The van der Waals surface area contributed by atoms with Crippen LogP contribution in [0.1, 0.15) is 18.4 Å². The van der Waals surface area contributed by atoms with Gasteiger partial charge < -0.3 is 5.32 Å². The van der Waals surface area contributed by atoms with E-state index >= 15 is 0 Å². The number of hydrogen-bond acceptors (Lipinski definition) is 3. The molecule has 1 N–H and O–H groups in total. The fourth-order valence-electron chi connectivity index (χ4n) is 1.87. The van der Waals surface area contributed by atoms with Gasteiger partial charge in [-0.3, -0.25) is 4.68 Å². The zero-order valence-corrected chi connectivity index (χ0v) is 13.2. The molecule has 5 heteroatoms. The van der Waals surface area contributed by atoms with Gasteiger partial charge >= 0.3 is 0 Å². The van der Waals surface area contributed by atoms with Crippen molar-refractivity contribution in [3.05, 3.63) is 40.6 Å². The largest absolute Gasteiger partial charge is 0.310 e. The summed E-state index contributed by atoms with van der Waals surface area (Å²) in [5.74, 6) is 0. The molecule has 0 radical (unpaired) electrons. The lowest BCUT2D eigenvalue weighted by molar-refractivity contribution is 0.687. The van der Waals surface area contributed by atoms with Crippen LogP contribution in [0.15, 0.2) is 44.9 Å². The zero-order valence-electron chi connectivity index (χ0n) is 10.8. The van der Waals surface area contributed by atoms with Gasteiger partial charge in [-0.15, -0.1) is 0 Å². The van der Waals surface area contributed by atoms with Crippen LogP contribution >= 0.6 is 27.7 Å². The molecule has 19 heavy (non-hydrogen) atoms. The van der Waals surface area contributed by atoms with Gasteiger partial charge in [0, 0.05) is 35.2 Å². The topological polar surface area (TPSA) is 29.9 Å². The Morgan fingerprint density at radius 3 is 2.95 bits per heavy atom. The van der Waals surface area contributed by atoms with Gasteiger partial charge in [0.15, 0.2) is 0 Å². The Bertz CT molecular complexity index is 578. The molecule has 1 aromatic carbocycles. The number of rotatable bonds is 5. The van der Waals surface area contributed by atoms with Crippen molar-refractivity contribution in [1.82, 2.24) is 15.1 Å². The third-order valence-electron chi connectivity index (χ3n) is 3.08. The van der Waals surface area contributed by atoms with E-state index in [-0.39, 0.29) is 0 Å². The van der Waals surface area contributed by atoms with Gasteiger partial charge in [-0.05, 0) is 46.5 Å². The molecule has 0 unspecified atom stereocenters. The Morgan fingerprint density at radius 2 is 2.32 bits per heavy atom. The SMILES string of the molecule is Cn1cc(Sc2ccc(CNC3CC3)cc2Br)cn1. The van der Waals surface area contributed by atoms with Crippen molar-refractivity contribution >= 4 is 27.7 Å². The summed E-state index contributed by atoms with van der Waals surface area (Å²) in [6.45, 7) is 0.959. The maximum atomic E-state index is 4.19. The molecular formula is C14H16BrN3S. The number of aryl methyl sites for hydroxylation is 1. The van der Waals surface area contributed by atoms with Crippen LogP contribution in [0.4, 0.5) is 0 Å². The first-order valence-electron chi connectivity index (χ1n) is 6.39. The van der Waals surface area contributed by atoms with Crippen molar-refractivity contribution in [3.63, 3.8) is 0 Å². The maximum Gasteiger partial charge on any atom is 0.0629 e. The summed E-state index contributed by atoms with van der Waals surface area (Å²) in [4.78, 5) is 2.38. The fraction of sp³-hybridized carbons (Fsp3) is 0.357. The highest BCUT2D eigenvalue weighted by Gasteiger charge is 2.19. The Kier molecular flexibility index (Phi) is 3.96. The number of hydrogen-bond donors (Lipinski definition) is 1. The summed E-state index contributed by atoms with van der Waals surface area (Å²) >= 11 is 5.39. The van der Waals surface area contributed by atoms with Crippen LogP contribution in [0, 0.1) is 0 Å². The van der Waals surface area contributed by atoms with Gasteiger partial charge in [0.1, 0.15) is 0 Å². The number of nitrogens with zero attached hydrogens (tertiary/aromatic N) is 2. The standard InChI is InChI=1S/C14H16BrN3S/c1-18-9-12(8-17-18)19-14-5-2-10(6-13(14)15)7-16-11-3-4-11/h2,5-6,8-9,11,16H,3-4,7H2,1H3. The Morgan fingerprint density at radius 1 is 1.47 bits per heavy atom. The van der Waals surface area contributed by atoms with Crippen molar-refractivity contribution < 1.29 is 0 Å². The molecule has 0 amide bonds. The molecule has 1 aromatic heterocycles. The Balaban J connectivity index is 1.67. The molecule has 1 aliphatic rings. The van der Waals surface area contributed by atoms with Crippen LogP contribution in [-0.2, 0) is 13.6 Å².